The molecule has 10 nitrogen and oxygen atoms in total. The molecule has 2 heterocycles. The number of carbonyl (C=O) groups is 1. The van der Waals surface area contributed by atoms with Crippen LogP contribution >= 0.6 is 11.6 Å². The van der Waals surface area contributed by atoms with E-state index in [4.69, 9.17) is 16.1 Å². The topological polar surface area (TPSA) is 118 Å². The first-order valence-corrected chi connectivity index (χ1v) is 11.3. The highest BCUT2D eigenvalue weighted by molar-refractivity contribution is 6.30. The lowest BCUT2D eigenvalue weighted by atomic mass is 10.1. The van der Waals surface area contributed by atoms with Crippen LogP contribution in [0.3, 0.4) is 0 Å². The number of rotatable bonds is 7. The number of nitro benzene ring substituents is 1. The molecule has 2 atom stereocenters. The van der Waals surface area contributed by atoms with Gasteiger partial charge in [-0.1, -0.05) is 16.8 Å². The van der Waals surface area contributed by atoms with Gasteiger partial charge in [-0.3, -0.25) is 24.7 Å². The third-order valence-corrected chi connectivity index (χ3v) is 6.32. The van der Waals surface area contributed by atoms with Crippen LogP contribution < -0.4 is 5.32 Å². The standard InChI is InChI=1S/C23H25ClN6O4/c1-15(22(31)25-19-7-9-20(10-8-19)30(32)33)28-11-13-29(14-12-28)16(2)23-26-21(27-34-23)17-3-5-18(24)6-4-17/h3-10,15-16H,11-14H2,1-2H3,(H,25,31)/t15-,16-/m0/s1. The van der Waals surface area contributed by atoms with Gasteiger partial charge in [-0.05, 0) is 50.2 Å². The molecule has 0 spiro atoms. The largest absolute Gasteiger partial charge is 0.337 e. The molecular weight excluding hydrogens is 460 g/mol. The van der Waals surface area contributed by atoms with E-state index in [2.05, 4.69) is 25.3 Å². The van der Waals surface area contributed by atoms with Crippen molar-refractivity contribution in [3.8, 4) is 11.4 Å². The van der Waals surface area contributed by atoms with Gasteiger partial charge < -0.3 is 9.84 Å². The number of amides is 1. The predicted molar refractivity (Wildman–Crippen MR) is 127 cm³/mol. The molecule has 1 N–H and O–H groups in total. The Morgan fingerprint density at radius 1 is 1.06 bits per heavy atom. The summed E-state index contributed by atoms with van der Waals surface area (Å²) in [6.07, 6.45) is 0. The van der Waals surface area contributed by atoms with Crippen LogP contribution in [0.25, 0.3) is 11.4 Å². The van der Waals surface area contributed by atoms with E-state index in [9.17, 15) is 14.9 Å². The summed E-state index contributed by atoms with van der Waals surface area (Å²) in [5.74, 6) is 0.913. The van der Waals surface area contributed by atoms with Gasteiger partial charge >= 0.3 is 0 Å². The first kappa shape index (κ1) is 23.8. The van der Waals surface area contributed by atoms with Gasteiger partial charge in [0.25, 0.3) is 5.69 Å². The summed E-state index contributed by atoms with van der Waals surface area (Å²) < 4.78 is 5.51. The fraction of sp³-hybridized carbons (Fsp3) is 0.348. The zero-order valence-corrected chi connectivity index (χ0v) is 19.6. The van der Waals surface area contributed by atoms with Crippen molar-refractivity contribution < 1.29 is 14.2 Å². The highest BCUT2D eigenvalue weighted by atomic mass is 35.5. The van der Waals surface area contributed by atoms with Gasteiger partial charge in [0.15, 0.2) is 0 Å². The number of carbonyl (C=O) groups excluding carboxylic acids is 1. The van der Waals surface area contributed by atoms with E-state index in [1.807, 2.05) is 26.0 Å². The molecule has 1 aliphatic heterocycles. The van der Waals surface area contributed by atoms with Crippen molar-refractivity contribution in [3.63, 3.8) is 0 Å². The maximum Gasteiger partial charge on any atom is 0.269 e. The Bertz CT molecular complexity index is 1140. The molecule has 1 amide bonds. The summed E-state index contributed by atoms with van der Waals surface area (Å²) >= 11 is 5.94. The zero-order chi connectivity index (χ0) is 24.2. The summed E-state index contributed by atoms with van der Waals surface area (Å²) in [6.45, 7) is 6.79. The lowest BCUT2D eigenvalue weighted by molar-refractivity contribution is -0.384. The normalized spacial score (nSPS) is 16.7. The highest BCUT2D eigenvalue weighted by Gasteiger charge is 2.30. The van der Waals surface area contributed by atoms with Crippen molar-refractivity contribution in [2.75, 3.05) is 31.5 Å². The average molecular weight is 485 g/mol. The minimum absolute atomic E-state index is 0.0159. The second-order valence-electron chi connectivity index (χ2n) is 8.18. The number of nitrogens with zero attached hydrogens (tertiary/aromatic N) is 5. The van der Waals surface area contributed by atoms with Crippen LogP contribution in [0.15, 0.2) is 53.1 Å². The van der Waals surface area contributed by atoms with Gasteiger partial charge in [0, 0.05) is 54.6 Å². The molecule has 2 aromatic carbocycles. The molecule has 11 heteroatoms. The highest BCUT2D eigenvalue weighted by Crippen LogP contribution is 2.25. The Morgan fingerprint density at radius 2 is 1.68 bits per heavy atom. The Morgan fingerprint density at radius 3 is 2.29 bits per heavy atom. The fourth-order valence-electron chi connectivity index (χ4n) is 3.87. The number of nitrogens with one attached hydrogen (secondary N) is 1. The minimum Gasteiger partial charge on any atom is -0.337 e. The first-order valence-electron chi connectivity index (χ1n) is 10.9. The molecule has 0 bridgehead atoms. The summed E-state index contributed by atoms with van der Waals surface area (Å²) in [5, 5.41) is 18.4. The Kier molecular flexibility index (Phi) is 7.20. The van der Waals surface area contributed by atoms with Crippen molar-refractivity contribution in [1.82, 2.24) is 19.9 Å². The van der Waals surface area contributed by atoms with E-state index in [1.54, 1.807) is 12.1 Å². The van der Waals surface area contributed by atoms with Crippen LogP contribution in [0.2, 0.25) is 5.02 Å². The van der Waals surface area contributed by atoms with Gasteiger partial charge in [0.2, 0.25) is 17.6 Å². The number of nitro groups is 1. The van der Waals surface area contributed by atoms with Gasteiger partial charge in [-0.15, -0.1) is 0 Å². The lowest BCUT2D eigenvalue weighted by Gasteiger charge is -2.39. The minimum atomic E-state index is -0.471. The quantitative estimate of drug-likeness (QED) is 0.395. The number of aromatic nitrogens is 2. The SMILES string of the molecule is C[C@@H](C(=O)Nc1ccc([N+](=O)[O-])cc1)N1CCN([C@@H](C)c2nc(-c3ccc(Cl)cc3)no2)CC1. The Hall–Kier alpha value is -3.34. The zero-order valence-electron chi connectivity index (χ0n) is 18.8. The predicted octanol–water partition coefficient (Wildman–Crippen LogP) is 4.00. The van der Waals surface area contributed by atoms with Gasteiger partial charge in [-0.25, -0.2) is 0 Å². The van der Waals surface area contributed by atoms with Gasteiger partial charge in [0.05, 0.1) is 17.0 Å². The molecule has 4 rings (SSSR count). The molecule has 3 aromatic rings. The number of hydrogen-bond acceptors (Lipinski definition) is 8. The lowest BCUT2D eigenvalue weighted by Crippen LogP contribution is -2.53. The molecule has 0 saturated carbocycles. The van der Waals surface area contributed by atoms with Crippen LogP contribution in [0.4, 0.5) is 11.4 Å². The van der Waals surface area contributed by atoms with Crippen molar-refractivity contribution in [3.05, 3.63) is 69.6 Å². The van der Waals surface area contributed by atoms with Crippen molar-refractivity contribution in [2.24, 2.45) is 0 Å². The number of halogens is 1. The van der Waals surface area contributed by atoms with E-state index >= 15 is 0 Å². The summed E-state index contributed by atoms with van der Waals surface area (Å²) in [4.78, 5) is 31.9. The molecule has 1 aromatic heterocycles. The second-order valence-corrected chi connectivity index (χ2v) is 8.62. The number of benzene rings is 2. The molecular formula is C23H25ClN6O4. The van der Waals surface area contributed by atoms with E-state index in [-0.39, 0.29) is 23.7 Å². The van der Waals surface area contributed by atoms with E-state index in [0.29, 0.717) is 35.5 Å². The van der Waals surface area contributed by atoms with Crippen molar-refractivity contribution in [1.29, 1.82) is 0 Å². The van der Waals surface area contributed by atoms with E-state index in [1.165, 1.54) is 24.3 Å². The number of anilines is 1. The summed E-state index contributed by atoms with van der Waals surface area (Å²) in [7, 11) is 0. The van der Waals surface area contributed by atoms with Crippen LogP contribution in [-0.2, 0) is 4.79 Å². The van der Waals surface area contributed by atoms with E-state index < -0.39 is 4.92 Å². The van der Waals surface area contributed by atoms with Gasteiger partial charge in [0.1, 0.15) is 0 Å². The van der Waals surface area contributed by atoms with Crippen molar-refractivity contribution >= 4 is 28.9 Å². The maximum atomic E-state index is 12.7. The monoisotopic (exact) mass is 484 g/mol. The average Bonchev–Trinajstić information content (AvgIpc) is 3.34. The molecule has 1 fully saturated rings. The Labute approximate surface area is 201 Å². The summed E-state index contributed by atoms with van der Waals surface area (Å²) in [5.41, 5.74) is 1.35. The molecule has 178 valence electrons. The summed E-state index contributed by atoms with van der Waals surface area (Å²) in [6, 6.07) is 12.7. The second kappa shape index (κ2) is 10.3. The number of hydrogen-bond donors (Lipinski definition) is 1. The number of piperazine rings is 1. The van der Waals surface area contributed by atoms with Gasteiger partial charge in [-0.2, -0.15) is 4.98 Å². The molecule has 0 aliphatic carbocycles. The van der Waals surface area contributed by atoms with Crippen LogP contribution in [0.5, 0.6) is 0 Å². The molecule has 0 unspecified atom stereocenters. The molecule has 1 saturated heterocycles. The number of non-ortho nitro benzene ring substituents is 1. The smallest absolute Gasteiger partial charge is 0.269 e. The third kappa shape index (κ3) is 5.41. The van der Waals surface area contributed by atoms with E-state index in [0.717, 1.165) is 18.7 Å². The van der Waals surface area contributed by atoms with Crippen molar-refractivity contribution in [2.45, 2.75) is 25.9 Å². The molecule has 34 heavy (non-hydrogen) atoms. The molecule has 0 radical (unpaired) electrons. The fourth-order valence-corrected chi connectivity index (χ4v) is 3.99. The first-order chi connectivity index (χ1) is 16.3. The molecule has 1 aliphatic rings. The third-order valence-electron chi connectivity index (χ3n) is 6.07. The van der Waals surface area contributed by atoms with Crippen LogP contribution in [0.1, 0.15) is 25.8 Å². The maximum absolute atomic E-state index is 12.7. The van der Waals surface area contributed by atoms with Crippen LogP contribution in [0, 0.1) is 10.1 Å². The van der Waals surface area contributed by atoms with Crippen LogP contribution in [-0.4, -0.2) is 63.0 Å². The Balaban J connectivity index is 1.30.